The van der Waals surface area contributed by atoms with E-state index in [9.17, 15) is 9.59 Å². The van der Waals surface area contributed by atoms with Crippen molar-refractivity contribution in [3.05, 3.63) is 22.7 Å². The molecular formula is C16H11Cl6NO4. The number of carbonyl (C=O) groups excluding carboxylic acids is 2. The molecule has 3 aliphatic heterocycles. The fourth-order valence-corrected chi connectivity index (χ4v) is 8.59. The third-order valence-electron chi connectivity index (χ3n) is 6.46. The lowest BCUT2D eigenvalue weighted by Gasteiger charge is -2.39. The largest absolute Gasteiger partial charge is 0.373 e. The molecule has 1 saturated carbocycles. The number of halogens is 6. The first-order chi connectivity index (χ1) is 12.6. The normalized spacial score (nSPS) is 51.4. The molecule has 0 aromatic carbocycles. The number of fused-ring (bicyclic) bond motifs is 12. The number of allylic oxidation sites excluding steroid dienone is 2. The second kappa shape index (κ2) is 5.50. The van der Waals surface area contributed by atoms with E-state index in [1.807, 2.05) is 0 Å². The highest BCUT2D eigenvalue weighted by molar-refractivity contribution is 6.65. The molecule has 0 spiro atoms. The van der Waals surface area contributed by atoms with Crippen molar-refractivity contribution < 1.29 is 19.2 Å². The van der Waals surface area contributed by atoms with Crippen LogP contribution in [0.15, 0.2) is 22.7 Å². The number of alkyl halides is 4. The second-order valence-electron chi connectivity index (χ2n) is 7.35. The number of rotatable bonds is 3. The van der Waals surface area contributed by atoms with Crippen molar-refractivity contribution in [3.63, 3.8) is 0 Å². The van der Waals surface area contributed by atoms with Crippen molar-refractivity contribution in [2.24, 2.45) is 23.7 Å². The summed E-state index contributed by atoms with van der Waals surface area (Å²) in [7, 11) is 0. The van der Waals surface area contributed by atoms with Gasteiger partial charge in [-0.05, 0) is 0 Å². The lowest BCUT2D eigenvalue weighted by molar-refractivity contribution is -0.189. The number of hydroxylamine groups is 2. The molecule has 5 nitrogen and oxygen atoms in total. The first-order valence-corrected chi connectivity index (χ1v) is 10.4. The van der Waals surface area contributed by atoms with Gasteiger partial charge in [-0.2, -0.15) is 5.06 Å². The Labute approximate surface area is 184 Å². The number of hydrogen-bond acceptors (Lipinski definition) is 4. The van der Waals surface area contributed by atoms with E-state index in [2.05, 4.69) is 6.58 Å². The van der Waals surface area contributed by atoms with E-state index in [1.165, 1.54) is 6.08 Å². The lowest BCUT2D eigenvalue weighted by Crippen LogP contribution is -2.50. The smallest absolute Gasteiger partial charge is 0.260 e. The third-order valence-corrected chi connectivity index (χ3v) is 10.8. The van der Waals surface area contributed by atoms with E-state index >= 15 is 0 Å². The predicted molar refractivity (Wildman–Crippen MR) is 101 cm³/mol. The van der Waals surface area contributed by atoms with Crippen molar-refractivity contribution in [3.8, 4) is 0 Å². The first-order valence-electron chi connectivity index (χ1n) is 8.15. The minimum Gasteiger partial charge on any atom is -0.373 e. The van der Waals surface area contributed by atoms with Crippen LogP contribution in [-0.4, -0.2) is 49.8 Å². The van der Waals surface area contributed by atoms with Gasteiger partial charge in [0.1, 0.15) is 9.75 Å². The van der Waals surface area contributed by atoms with Crippen molar-refractivity contribution in [2.75, 3.05) is 6.61 Å². The molecule has 0 radical (unpaired) electrons. The Morgan fingerprint density at radius 2 is 1.44 bits per heavy atom. The summed E-state index contributed by atoms with van der Waals surface area (Å²) in [6.45, 7) is 3.53. The molecule has 4 fully saturated rings. The fourth-order valence-electron chi connectivity index (χ4n) is 5.52. The van der Waals surface area contributed by atoms with Gasteiger partial charge in [0.15, 0.2) is 4.33 Å². The quantitative estimate of drug-likeness (QED) is 0.343. The summed E-state index contributed by atoms with van der Waals surface area (Å²) >= 11 is 39.7. The minimum absolute atomic E-state index is 0.0184. The van der Waals surface area contributed by atoms with Crippen molar-refractivity contribution in [2.45, 2.75) is 26.3 Å². The highest BCUT2D eigenvalue weighted by atomic mass is 35.5. The number of hydrogen-bond donors (Lipinski definition) is 0. The first kappa shape index (κ1) is 19.3. The summed E-state index contributed by atoms with van der Waals surface area (Å²) in [6.07, 6.45) is -0.0192. The maximum atomic E-state index is 12.8. The summed E-state index contributed by atoms with van der Waals surface area (Å²) in [6, 6.07) is 0. The molecule has 8 atom stereocenters. The standard InChI is InChI=1S/C16H11Cl6NO4/c1-2-3-26-23-12(24)4-5(13(23)25)9-7-6(8(4)27-9)14(19)10(17)11(18)15(7,20)16(14,21)22/h2,4-9H,1,3H2. The Bertz CT molecular complexity index is 789. The lowest BCUT2D eigenvalue weighted by atomic mass is 9.65. The van der Waals surface area contributed by atoms with Gasteiger partial charge in [-0.15, -0.1) is 29.8 Å². The summed E-state index contributed by atoms with van der Waals surface area (Å²) in [5.41, 5.74) is 0. The van der Waals surface area contributed by atoms with E-state index < -0.39 is 61.8 Å². The Morgan fingerprint density at radius 3 is 1.85 bits per heavy atom. The van der Waals surface area contributed by atoms with E-state index in [0.29, 0.717) is 0 Å². The number of nitrogens with zero attached hydrogens (tertiary/aromatic N) is 1. The van der Waals surface area contributed by atoms with Gasteiger partial charge in [0.2, 0.25) is 0 Å². The predicted octanol–water partition coefficient (Wildman–Crippen LogP) is 3.56. The van der Waals surface area contributed by atoms with Crippen molar-refractivity contribution in [1.29, 1.82) is 0 Å². The van der Waals surface area contributed by atoms with Gasteiger partial charge in [0.25, 0.3) is 11.8 Å². The molecule has 5 aliphatic rings. The molecule has 3 heterocycles. The molecule has 3 saturated heterocycles. The number of ether oxygens (including phenoxy) is 1. The SMILES string of the molecule is C=CCON1C(=O)C2C3OC(C2C1=O)C1C3C2(Cl)C(Cl)=C(Cl)C1(Cl)C2(Cl)Cl. The molecule has 27 heavy (non-hydrogen) atoms. The molecule has 2 amide bonds. The average Bonchev–Trinajstić information content (AvgIpc) is 3.31. The number of imide groups is 1. The van der Waals surface area contributed by atoms with Crippen molar-refractivity contribution >= 4 is 81.4 Å². The molecular weight excluding hydrogens is 483 g/mol. The van der Waals surface area contributed by atoms with Crippen LogP contribution >= 0.6 is 69.6 Å². The molecule has 146 valence electrons. The monoisotopic (exact) mass is 491 g/mol. The van der Waals surface area contributed by atoms with Crippen LogP contribution in [0.3, 0.4) is 0 Å². The maximum absolute atomic E-state index is 12.8. The van der Waals surface area contributed by atoms with E-state index in [1.54, 1.807) is 0 Å². The Kier molecular flexibility index (Phi) is 3.92. The zero-order valence-corrected chi connectivity index (χ0v) is 17.8. The van der Waals surface area contributed by atoms with Gasteiger partial charge < -0.3 is 4.74 Å². The molecule has 0 N–H and O–H groups in total. The molecule has 8 unspecified atom stereocenters. The van der Waals surface area contributed by atoms with Gasteiger partial charge in [-0.25, -0.2) is 0 Å². The van der Waals surface area contributed by atoms with Crippen LogP contribution in [0.2, 0.25) is 0 Å². The highest BCUT2D eigenvalue weighted by Crippen LogP contribution is 2.81. The minimum atomic E-state index is -1.73. The van der Waals surface area contributed by atoms with Crippen LogP contribution in [0.4, 0.5) is 0 Å². The van der Waals surface area contributed by atoms with Crippen molar-refractivity contribution in [1.82, 2.24) is 5.06 Å². The Hall–Kier alpha value is 0.280. The van der Waals surface area contributed by atoms with Crippen LogP contribution in [0.25, 0.3) is 0 Å². The summed E-state index contributed by atoms with van der Waals surface area (Å²) in [4.78, 5) is 27.9. The van der Waals surface area contributed by atoms with Crippen LogP contribution in [0.1, 0.15) is 0 Å². The molecule has 0 aromatic rings. The highest BCUT2D eigenvalue weighted by Gasteiger charge is 2.90. The van der Waals surface area contributed by atoms with E-state index in [-0.39, 0.29) is 16.7 Å². The number of carbonyl (C=O) groups is 2. The van der Waals surface area contributed by atoms with Gasteiger partial charge in [-0.1, -0.05) is 52.5 Å². The molecule has 2 aliphatic carbocycles. The van der Waals surface area contributed by atoms with Gasteiger partial charge in [-0.3, -0.25) is 14.4 Å². The maximum Gasteiger partial charge on any atom is 0.260 e. The molecule has 4 bridgehead atoms. The third kappa shape index (κ3) is 1.74. The molecule has 11 heteroatoms. The second-order valence-corrected chi connectivity index (χ2v) is 10.6. The van der Waals surface area contributed by atoms with Crippen LogP contribution < -0.4 is 0 Å². The number of amides is 2. The van der Waals surface area contributed by atoms with Gasteiger partial charge in [0, 0.05) is 11.8 Å². The Morgan fingerprint density at radius 1 is 1.00 bits per heavy atom. The zero-order chi connectivity index (χ0) is 19.7. The van der Waals surface area contributed by atoms with E-state index in [4.69, 9.17) is 79.2 Å². The Balaban J connectivity index is 1.62. The van der Waals surface area contributed by atoms with Gasteiger partial charge >= 0.3 is 0 Å². The van der Waals surface area contributed by atoms with Crippen LogP contribution in [-0.2, 0) is 19.2 Å². The summed E-state index contributed by atoms with van der Waals surface area (Å²) < 4.78 is 4.30. The fraction of sp³-hybridized carbons (Fsp3) is 0.625. The molecule has 5 rings (SSSR count). The zero-order valence-electron chi connectivity index (χ0n) is 13.3. The van der Waals surface area contributed by atoms with Gasteiger partial charge in [0.05, 0.1) is 40.7 Å². The average molecular weight is 494 g/mol. The molecule has 0 aromatic heterocycles. The van der Waals surface area contributed by atoms with Crippen LogP contribution in [0.5, 0.6) is 0 Å². The summed E-state index contributed by atoms with van der Waals surface area (Å²) in [5, 5.41) is 0.878. The van der Waals surface area contributed by atoms with E-state index in [0.717, 1.165) is 5.06 Å². The topological polar surface area (TPSA) is 55.8 Å². The van der Waals surface area contributed by atoms with Crippen LogP contribution in [0, 0.1) is 23.7 Å². The summed E-state index contributed by atoms with van der Waals surface area (Å²) in [5.74, 6) is -3.68.